The van der Waals surface area contributed by atoms with E-state index < -0.39 is 0 Å². The lowest BCUT2D eigenvalue weighted by molar-refractivity contribution is 0.155. The molecule has 0 fully saturated rings. The summed E-state index contributed by atoms with van der Waals surface area (Å²) in [4.78, 5) is 4.42. The molecule has 0 bridgehead atoms. The van der Waals surface area contributed by atoms with Crippen LogP contribution >= 0.6 is 39.9 Å². The van der Waals surface area contributed by atoms with Crippen molar-refractivity contribution in [2.24, 2.45) is 4.99 Å². The van der Waals surface area contributed by atoms with E-state index in [0.717, 1.165) is 29.3 Å². The van der Waals surface area contributed by atoms with Crippen LogP contribution in [0.1, 0.15) is 13.8 Å². The highest BCUT2D eigenvalue weighted by Crippen LogP contribution is 2.17. The summed E-state index contributed by atoms with van der Waals surface area (Å²) in [5, 5.41) is 6.42. The van der Waals surface area contributed by atoms with Gasteiger partial charge in [-0.3, -0.25) is 4.99 Å². The van der Waals surface area contributed by atoms with Crippen LogP contribution in [0.5, 0.6) is 5.75 Å². The molecular weight excluding hydrogens is 461 g/mol. The average molecular weight is 486 g/mol. The summed E-state index contributed by atoms with van der Waals surface area (Å²) in [6.45, 7) is 8.12. The molecule has 0 aliphatic rings. The van der Waals surface area contributed by atoms with Crippen molar-refractivity contribution in [2.75, 3.05) is 39.5 Å². The molecule has 7 heteroatoms. The highest BCUT2D eigenvalue weighted by Gasteiger charge is 1.98. The molecule has 0 atom stereocenters. The second-order valence-corrected chi connectivity index (χ2v) is 5.11. The second-order valence-electron chi connectivity index (χ2n) is 4.19. The van der Waals surface area contributed by atoms with Gasteiger partial charge in [-0.05, 0) is 32.0 Å². The number of rotatable bonds is 9. The third-order valence-corrected chi connectivity index (χ3v) is 3.01. The molecule has 1 rings (SSSR count). The van der Waals surface area contributed by atoms with Gasteiger partial charge < -0.3 is 20.1 Å². The summed E-state index contributed by atoms with van der Waals surface area (Å²) in [6.07, 6.45) is 0. The minimum Gasteiger partial charge on any atom is -0.492 e. The number of hydrogen-bond acceptors (Lipinski definition) is 3. The van der Waals surface area contributed by atoms with Gasteiger partial charge >= 0.3 is 0 Å². The molecule has 0 aliphatic heterocycles. The van der Waals surface area contributed by atoms with Crippen LogP contribution in [0.15, 0.2) is 33.7 Å². The molecule has 0 unspecified atom stereocenters. The van der Waals surface area contributed by atoms with Crippen molar-refractivity contribution in [2.45, 2.75) is 13.8 Å². The fourth-order valence-electron chi connectivity index (χ4n) is 1.60. The fourth-order valence-corrected chi connectivity index (χ4v) is 1.98. The Balaban J connectivity index is 0.00000441. The molecule has 5 nitrogen and oxygen atoms in total. The zero-order valence-corrected chi connectivity index (χ0v) is 17.0. The summed E-state index contributed by atoms with van der Waals surface area (Å²) in [7, 11) is 0. The normalized spacial score (nSPS) is 10.8. The first-order chi connectivity index (χ1) is 10.3. The van der Waals surface area contributed by atoms with Gasteiger partial charge in [-0.25, -0.2) is 0 Å². The molecule has 0 saturated heterocycles. The highest BCUT2D eigenvalue weighted by molar-refractivity contribution is 14.0. The minimum atomic E-state index is 0. The maximum absolute atomic E-state index is 5.66. The van der Waals surface area contributed by atoms with Crippen LogP contribution in [0.3, 0.4) is 0 Å². The molecule has 1 aromatic carbocycles. The smallest absolute Gasteiger partial charge is 0.191 e. The number of halogens is 2. The Kier molecular flexibility index (Phi) is 13.7. The van der Waals surface area contributed by atoms with E-state index in [1.165, 1.54) is 0 Å². The lowest BCUT2D eigenvalue weighted by Crippen LogP contribution is -2.39. The summed E-state index contributed by atoms with van der Waals surface area (Å²) in [5.41, 5.74) is 0. The molecule has 0 amide bonds. The third kappa shape index (κ3) is 10.2. The van der Waals surface area contributed by atoms with Gasteiger partial charge in [-0.1, -0.05) is 22.0 Å². The van der Waals surface area contributed by atoms with E-state index in [1.807, 2.05) is 38.1 Å². The van der Waals surface area contributed by atoms with Gasteiger partial charge in [-0.2, -0.15) is 0 Å². The zero-order valence-electron chi connectivity index (χ0n) is 13.1. The molecule has 0 heterocycles. The number of benzene rings is 1. The van der Waals surface area contributed by atoms with Crippen molar-refractivity contribution >= 4 is 45.9 Å². The highest BCUT2D eigenvalue weighted by atomic mass is 127. The molecule has 126 valence electrons. The Morgan fingerprint density at radius 1 is 1.23 bits per heavy atom. The lowest BCUT2D eigenvalue weighted by Gasteiger charge is -2.12. The Bertz CT molecular complexity index is 433. The van der Waals surface area contributed by atoms with E-state index in [-0.39, 0.29) is 24.0 Å². The van der Waals surface area contributed by atoms with E-state index >= 15 is 0 Å². The minimum absolute atomic E-state index is 0. The second kappa shape index (κ2) is 14.1. The number of ether oxygens (including phenoxy) is 2. The van der Waals surface area contributed by atoms with Crippen molar-refractivity contribution in [3.05, 3.63) is 28.7 Å². The summed E-state index contributed by atoms with van der Waals surface area (Å²) in [6, 6.07) is 7.80. The Labute approximate surface area is 158 Å². The third-order valence-electron chi connectivity index (χ3n) is 2.51. The van der Waals surface area contributed by atoms with Crippen molar-refractivity contribution in [1.29, 1.82) is 0 Å². The van der Waals surface area contributed by atoms with Crippen molar-refractivity contribution in [3.63, 3.8) is 0 Å². The van der Waals surface area contributed by atoms with Gasteiger partial charge in [0.05, 0.1) is 19.7 Å². The molecule has 0 aromatic heterocycles. The Morgan fingerprint density at radius 2 is 2.05 bits per heavy atom. The first-order valence-corrected chi connectivity index (χ1v) is 8.03. The van der Waals surface area contributed by atoms with Crippen LogP contribution in [-0.2, 0) is 4.74 Å². The van der Waals surface area contributed by atoms with Crippen LogP contribution in [0.25, 0.3) is 0 Å². The Hall–Kier alpha value is -0.540. The van der Waals surface area contributed by atoms with E-state index in [0.29, 0.717) is 26.3 Å². The van der Waals surface area contributed by atoms with Crippen LogP contribution in [-0.4, -0.2) is 45.4 Å². The molecule has 22 heavy (non-hydrogen) atoms. The summed E-state index contributed by atoms with van der Waals surface area (Å²) >= 11 is 3.42. The van der Waals surface area contributed by atoms with Crippen LogP contribution < -0.4 is 15.4 Å². The van der Waals surface area contributed by atoms with Crippen molar-refractivity contribution in [1.82, 2.24) is 10.6 Å². The van der Waals surface area contributed by atoms with Gasteiger partial charge in [0, 0.05) is 17.6 Å². The van der Waals surface area contributed by atoms with Gasteiger partial charge in [0.15, 0.2) is 5.96 Å². The molecule has 0 radical (unpaired) electrons. The largest absolute Gasteiger partial charge is 0.492 e. The van der Waals surface area contributed by atoms with E-state index in [1.54, 1.807) is 0 Å². The fraction of sp³-hybridized carbons (Fsp3) is 0.533. The number of hydrogen-bond donors (Lipinski definition) is 2. The van der Waals surface area contributed by atoms with Gasteiger partial charge in [-0.15, -0.1) is 24.0 Å². The lowest BCUT2D eigenvalue weighted by atomic mass is 10.3. The molecule has 1 aromatic rings. The van der Waals surface area contributed by atoms with Gasteiger partial charge in [0.1, 0.15) is 12.4 Å². The monoisotopic (exact) mass is 485 g/mol. The number of nitrogens with zero attached hydrogens (tertiary/aromatic N) is 1. The average Bonchev–Trinajstić information content (AvgIpc) is 2.48. The standard InChI is InChI=1S/C15H24BrN3O2.HI/c1-3-17-15(18-8-10-20-4-2)19-9-11-21-14-7-5-6-13(16)12-14;/h5-7,12H,3-4,8-11H2,1-2H3,(H2,17,18,19);1H. The first-order valence-electron chi connectivity index (χ1n) is 7.24. The molecule has 0 aliphatic carbocycles. The van der Waals surface area contributed by atoms with Crippen LogP contribution in [0, 0.1) is 0 Å². The summed E-state index contributed by atoms with van der Waals surface area (Å²) in [5.74, 6) is 1.64. The number of nitrogens with one attached hydrogen (secondary N) is 2. The summed E-state index contributed by atoms with van der Waals surface area (Å²) < 4.78 is 11.9. The quantitative estimate of drug-likeness (QED) is 0.244. The van der Waals surface area contributed by atoms with Crippen molar-refractivity contribution < 1.29 is 9.47 Å². The Morgan fingerprint density at radius 3 is 2.73 bits per heavy atom. The zero-order chi connectivity index (χ0) is 15.3. The van der Waals surface area contributed by atoms with Gasteiger partial charge in [0.2, 0.25) is 0 Å². The van der Waals surface area contributed by atoms with E-state index in [9.17, 15) is 0 Å². The van der Waals surface area contributed by atoms with Crippen molar-refractivity contribution in [3.8, 4) is 5.75 Å². The topological polar surface area (TPSA) is 54.9 Å². The van der Waals surface area contributed by atoms with Crippen LogP contribution in [0.2, 0.25) is 0 Å². The first kappa shape index (κ1) is 21.5. The van der Waals surface area contributed by atoms with Gasteiger partial charge in [0.25, 0.3) is 0 Å². The molecular formula is C15H25BrIN3O2. The predicted molar refractivity (Wildman–Crippen MR) is 106 cm³/mol. The maximum Gasteiger partial charge on any atom is 0.191 e. The maximum atomic E-state index is 5.66. The number of aliphatic imine (C=N–C) groups is 1. The predicted octanol–water partition coefficient (Wildman–Crippen LogP) is 3.04. The number of guanidine groups is 1. The SMILES string of the molecule is CCNC(=NCCOCC)NCCOc1cccc(Br)c1.I. The molecule has 0 saturated carbocycles. The van der Waals surface area contributed by atoms with E-state index in [2.05, 4.69) is 31.6 Å². The van der Waals surface area contributed by atoms with E-state index in [4.69, 9.17) is 9.47 Å². The van der Waals surface area contributed by atoms with Crippen LogP contribution in [0.4, 0.5) is 0 Å². The molecule has 2 N–H and O–H groups in total. The molecule has 0 spiro atoms.